The molecule has 2 N–H and O–H groups in total. The summed E-state index contributed by atoms with van der Waals surface area (Å²) in [6.45, 7) is 8.23. The highest BCUT2D eigenvalue weighted by Crippen LogP contribution is 2.36. The van der Waals surface area contributed by atoms with Crippen molar-refractivity contribution in [1.29, 1.82) is 0 Å². The average molecular weight is 473 g/mol. The van der Waals surface area contributed by atoms with Gasteiger partial charge in [0.05, 0.1) is 12.2 Å². The largest absolute Gasteiger partial charge is 0.462 e. The summed E-state index contributed by atoms with van der Waals surface area (Å²) in [7, 11) is 2.13. The zero-order valence-corrected chi connectivity index (χ0v) is 20.4. The molecule has 0 saturated carbocycles. The van der Waals surface area contributed by atoms with E-state index in [1.165, 1.54) is 21.8 Å². The van der Waals surface area contributed by atoms with Crippen LogP contribution in [-0.2, 0) is 24.2 Å². The fourth-order valence-corrected chi connectivity index (χ4v) is 6.38. The molecule has 0 fully saturated rings. The maximum absolute atomic E-state index is 12.8. The molecule has 32 heavy (non-hydrogen) atoms. The number of rotatable bonds is 6. The zero-order valence-electron chi connectivity index (χ0n) is 18.8. The first-order valence-corrected chi connectivity index (χ1v) is 12.3. The Hall–Kier alpha value is -2.62. The Morgan fingerprint density at radius 1 is 1.19 bits per heavy atom. The van der Waals surface area contributed by atoms with E-state index in [1.807, 2.05) is 38.4 Å². The van der Waals surface area contributed by atoms with E-state index in [2.05, 4.69) is 27.1 Å². The summed E-state index contributed by atoms with van der Waals surface area (Å²) in [4.78, 5) is 29.9. The number of likely N-dealkylation sites (N-methyl/N-ethyl adjacent to an activating group) is 1. The Morgan fingerprint density at radius 3 is 2.66 bits per heavy atom. The van der Waals surface area contributed by atoms with Gasteiger partial charge >= 0.3 is 12.0 Å². The number of fused-ring (bicyclic) bond motifs is 1. The number of nitrogens with one attached hydrogen (secondary N) is 2. The van der Waals surface area contributed by atoms with Gasteiger partial charge in [-0.1, -0.05) is 0 Å². The zero-order chi connectivity index (χ0) is 22.8. The van der Waals surface area contributed by atoms with Crippen LogP contribution in [0.5, 0.6) is 0 Å². The molecule has 2 amide bonds. The monoisotopic (exact) mass is 472 g/mol. The first kappa shape index (κ1) is 22.6. The van der Waals surface area contributed by atoms with Crippen LogP contribution >= 0.6 is 22.7 Å². The van der Waals surface area contributed by atoms with Crippen molar-refractivity contribution in [1.82, 2.24) is 14.8 Å². The van der Waals surface area contributed by atoms with Crippen LogP contribution in [0.2, 0.25) is 0 Å². The molecule has 9 heteroatoms. The maximum atomic E-state index is 12.8. The van der Waals surface area contributed by atoms with Crippen LogP contribution in [0.15, 0.2) is 24.5 Å². The molecule has 3 aromatic heterocycles. The third-order valence-electron chi connectivity index (χ3n) is 5.69. The molecular formula is C23H28N4O3S2. The standard InChI is InChI=1S/C23H28N4O3S2/c1-5-30-22(28)19-14(2)15(3)31-20(19)25-23(29)24-12-17-16-8-11-26(4)13-18(16)32-21(17)27-9-6-7-10-27/h6-7,9-10H,5,8,11-13H2,1-4H3,(H2,24,25,29). The Labute approximate surface area is 196 Å². The number of amides is 2. The van der Waals surface area contributed by atoms with Crippen LogP contribution in [0, 0.1) is 13.8 Å². The predicted octanol–water partition coefficient (Wildman–Crippen LogP) is 4.70. The lowest BCUT2D eigenvalue weighted by Crippen LogP contribution is -2.30. The number of hydrogen-bond donors (Lipinski definition) is 2. The molecule has 3 aromatic rings. The minimum atomic E-state index is -0.407. The van der Waals surface area contributed by atoms with Gasteiger partial charge in [-0.05, 0) is 57.5 Å². The summed E-state index contributed by atoms with van der Waals surface area (Å²) < 4.78 is 7.30. The number of carbonyl (C=O) groups is 2. The normalized spacial score (nSPS) is 13.6. The van der Waals surface area contributed by atoms with E-state index in [-0.39, 0.29) is 6.03 Å². The first-order chi connectivity index (χ1) is 15.4. The number of esters is 1. The first-order valence-electron chi connectivity index (χ1n) is 10.7. The van der Waals surface area contributed by atoms with Crippen molar-refractivity contribution in [2.75, 3.05) is 25.5 Å². The molecule has 0 spiro atoms. The topological polar surface area (TPSA) is 75.6 Å². The number of urea groups is 1. The smallest absolute Gasteiger partial charge is 0.341 e. The third kappa shape index (κ3) is 4.46. The van der Waals surface area contributed by atoms with Gasteiger partial charge in [0.2, 0.25) is 0 Å². The minimum Gasteiger partial charge on any atom is -0.462 e. The predicted molar refractivity (Wildman–Crippen MR) is 129 cm³/mol. The van der Waals surface area contributed by atoms with E-state index in [0.29, 0.717) is 23.7 Å². The van der Waals surface area contributed by atoms with Crippen molar-refractivity contribution in [2.24, 2.45) is 0 Å². The van der Waals surface area contributed by atoms with Gasteiger partial charge in [0.25, 0.3) is 0 Å². The fraction of sp³-hybridized carbons (Fsp3) is 0.391. The maximum Gasteiger partial charge on any atom is 0.341 e. The number of hydrogen-bond acceptors (Lipinski definition) is 6. The highest BCUT2D eigenvalue weighted by Gasteiger charge is 2.25. The molecule has 4 rings (SSSR count). The number of nitrogens with zero attached hydrogens (tertiary/aromatic N) is 2. The van der Waals surface area contributed by atoms with Gasteiger partial charge in [0.1, 0.15) is 10.0 Å². The molecule has 0 bridgehead atoms. The van der Waals surface area contributed by atoms with Crippen LogP contribution in [0.25, 0.3) is 5.00 Å². The number of thiophene rings is 2. The summed E-state index contributed by atoms with van der Waals surface area (Å²) in [5.41, 5.74) is 3.78. The Balaban J connectivity index is 1.53. The van der Waals surface area contributed by atoms with E-state index in [0.717, 1.165) is 40.5 Å². The molecule has 0 unspecified atom stereocenters. The van der Waals surface area contributed by atoms with Crippen LogP contribution in [-0.4, -0.2) is 41.7 Å². The summed E-state index contributed by atoms with van der Waals surface area (Å²) in [5, 5.41) is 7.55. The molecule has 0 radical (unpaired) electrons. The summed E-state index contributed by atoms with van der Waals surface area (Å²) in [6.07, 6.45) is 5.04. The second kappa shape index (κ2) is 9.48. The SMILES string of the molecule is CCOC(=O)c1c(NC(=O)NCc2c(-n3cccc3)sc3c2CCN(C)C3)sc(C)c1C. The van der Waals surface area contributed by atoms with Crippen molar-refractivity contribution in [3.8, 4) is 5.00 Å². The van der Waals surface area contributed by atoms with Crippen LogP contribution in [0.4, 0.5) is 9.80 Å². The van der Waals surface area contributed by atoms with E-state index in [9.17, 15) is 9.59 Å². The molecule has 0 aliphatic carbocycles. The Bertz CT molecular complexity index is 1130. The van der Waals surface area contributed by atoms with E-state index >= 15 is 0 Å². The average Bonchev–Trinajstić information content (AvgIpc) is 3.45. The van der Waals surface area contributed by atoms with Gasteiger partial charge in [0.15, 0.2) is 0 Å². The quantitative estimate of drug-likeness (QED) is 0.510. The van der Waals surface area contributed by atoms with E-state index < -0.39 is 5.97 Å². The number of carbonyl (C=O) groups excluding carboxylic acids is 2. The van der Waals surface area contributed by atoms with Crippen molar-refractivity contribution >= 4 is 39.7 Å². The van der Waals surface area contributed by atoms with Crippen molar-refractivity contribution in [2.45, 2.75) is 40.3 Å². The number of aromatic nitrogens is 1. The molecular weight excluding hydrogens is 444 g/mol. The molecule has 1 aliphatic heterocycles. The lowest BCUT2D eigenvalue weighted by molar-refractivity contribution is 0.0527. The minimum absolute atomic E-state index is 0.291. The number of aryl methyl sites for hydroxylation is 1. The summed E-state index contributed by atoms with van der Waals surface area (Å²) in [5.74, 6) is -0.407. The van der Waals surface area contributed by atoms with E-state index in [1.54, 1.807) is 18.3 Å². The highest BCUT2D eigenvalue weighted by molar-refractivity contribution is 7.16. The van der Waals surface area contributed by atoms with Crippen LogP contribution < -0.4 is 10.6 Å². The summed E-state index contributed by atoms with van der Waals surface area (Å²) >= 11 is 3.18. The van der Waals surface area contributed by atoms with Crippen molar-refractivity contribution in [3.05, 3.63) is 56.5 Å². The molecule has 0 atom stereocenters. The third-order valence-corrected chi connectivity index (χ3v) is 8.09. The highest BCUT2D eigenvalue weighted by atomic mass is 32.1. The second-order valence-corrected chi connectivity index (χ2v) is 10.2. The van der Waals surface area contributed by atoms with Gasteiger partial charge in [-0.3, -0.25) is 5.32 Å². The number of ether oxygens (including phenoxy) is 1. The number of anilines is 1. The molecule has 1 aliphatic rings. The lowest BCUT2D eigenvalue weighted by Gasteiger charge is -2.22. The Morgan fingerprint density at radius 2 is 1.94 bits per heavy atom. The molecule has 0 aromatic carbocycles. The van der Waals surface area contributed by atoms with Gasteiger partial charge in [-0.2, -0.15) is 0 Å². The van der Waals surface area contributed by atoms with Crippen LogP contribution in [0.1, 0.15) is 43.7 Å². The molecule has 170 valence electrons. The Kier molecular flexibility index (Phi) is 6.68. The van der Waals surface area contributed by atoms with Crippen molar-refractivity contribution in [3.63, 3.8) is 0 Å². The van der Waals surface area contributed by atoms with Gasteiger partial charge in [0, 0.05) is 47.3 Å². The molecule has 4 heterocycles. The molecule has 7 nitrogen and oxygen atoms in total. The van der Waals surface area contributed by atoms with Gasteiger partial charge in [-0.25, -0.2) is 9.59 Å². The second-order valence-electron chi connectivity index (χ2n) is 7.88. The lowest BCUT2D eigenvalue weighted by atomic mass is 10.0. The fourth-order valence-electron chi connectivity index (χ4n) is 3.92. The van der Waals surface area contributed by atoms with E-state index in [4.69, 9.17) is 4.74 Å². The summed E-state index contributed by atoms with van der Waals surface area (Å²) in [6, 6.07) is 3.68. The van der Waals surface area contributed by atoms with Crippen LogP contribution in [0.3, 0.4) is 0 Å². The van der Waals surface area contributed by atoms with Crippen molar-refractivity contribution < 1.29 is 14.3 Å². The van der Waals surface area contributed by atoms with Gasteiger partial charge in [-0.15, -0.1) is 22.7 Å². The van der Waals surface area contributed by atoms with Gasteiger partial charge < -0.3 is 19.5 Å². The molecule has 0 saturated heterocycles.